The van der Waals surface area contributed by atoms with Gasteiger partial charge >= 0.3 is 0 Å². The van der Waals surface area contributed by atoms with E-state index in [1.165, 1.54) is 4.90 Å². The predicted molar refractivity (Wildman–Crippen MR) is 156 cm³/mol. The molecule has 8 nitrogen and oxygen atoms in total. The summed E-state index contributed by atoms with van der Waals surface area (Å²) >= 11 is 6.13. The maximum Gasteiger partial charge on any atom is 0.253 e. The van der Waals surface area contributed by atoms with E-state index in [-0.39, 0.29) is 30.9 Å². The summed E-state index contributed by atoms with van der Waals surface area (Å²) in [5, 5.41) is 10.9. The van der Waals surface area contributed by atoms with Crippen molar-refractivity contribution in [1.29, 1.82) is 0 Å². The Morgan fingerprint density at radius 3 is 2.38 bits per heavy atom. The monoisotopic (exact) mass is 571 g/mol. The average Bonchev–Trinajstić information content (AvgIpc) is 3.56. The van der Waals surface area contributed by atoms with E-state index in [1.807, 2.05) is 20.8 Å². The van der Waals surface area contributed by atoms with Gasteiger partial charge in [-0.25, -0.2) is 0 Å². The van der Waals surface area contributed by atoms with Crippen molar-refractivity contribution in [2.75, 3.05) is 31.1 Å². The number of hydrogen-bond acceptors (Lipinski definition) is 5. The topological polar surface area (TPSA) is 90.4 Å². The molecule has 3 aliphatic heterocycles. The average molecular weight is 572 g/mol. The molecular weight excluding hydrogens is 530 g/mol. The van der Waals surface area contributed by atoms with Crippen LogP contribution in [0.15, 0.2) is 49.6 Å². The number of rotatable bonds is 13. The zero-order valence-electron chi connectivity index (χ0n) is 23.9. The fourth-order valence-electron chi connectivity index (χ4n) is 7.25. The number of fused-ring (bicyclic) bond motifs is 1. The van der Waals surface area contributed by atoms with E-state index >= 15 is 0 Å². The van der Waals surface area contributed by atoms with Gasteiger partial charge in [0.05, 0.1) is 30.1 Å². The molecule has 0 aromatic heterocycles. The summed E-state index contributed by atoms with van der Waals surface area (Å²) < 4.78 is 6.91. The van der Waals surface area contributed by atoms with Gasteiger partial charge in [-0.1, -0.05) is 44.5 Å². The highest BCUT2D eigenvalue weighted by Gasteiger charge is 2.79. The summed E-state index contributed by atoms with van der Waals surface area (Å²) in [7, 11) is 0. The quantitative estimate of drug-likeness (QED) is 0.358. The lowest BCUT2D eigenvalue weighted by atomic mass is 9.64. The number of nitrogens with zero attached hydrogens (tertiary/aromatic N) is 3. The molecule has 3 saturated heterocycles. The Hall–Kier alpha value is -2.68. The molecule has 6 atom stereocenters. The van der Waals surface area contributed by atoms with Gasteiger partial charge in [0.15, 0.2) is 0 Å². The van der Waals surface area contributed by atoms with Crippen LogP contribution >= 0.6 is 11.6 Å². The van der Waals surface area contributed by atoms with E-state index in [0.717, 1.165) is 6.42 Å². The number of aliphatic hydroxyl groups excluding tert-OH is 1. The fraction of sp³-hybridized carbons (Fsp3) is 0.581. The molecular formula is C31H42ClN3O5. The molecule has 1 aromatic rings. The first-order valence-corrected chi connectivity index (χ1v) is 14.8. The van der Waals surface area contributed by atoms with Crippen molar-refractivity contribution in [3.8, 4) is 0 Å². The molecule has 0 radical (unpaired) electrons. The van der Waals surface area contributed by atoms with Crippen LogP contribution in [0.25, 0.3) is 0 Å². The van der Waals surface area contributed by atoms with E-state index in [4.69, 9.17) is 16.3 Å². The lowest BCUT2D eigenvalue weighted by Gasteiger charge is -2.39. The summed E-state index contributed by atoms with van der Waals surface area (Å²) in [6.45, 7) is 14.4. The third-order valence-corrected chi connectivity index (χ3v) is 9.32. The van der Waals surface area contributed by atoms with Gasteiger partial charge in [-0.15, -0.1) is 13.2 Å². The standard InChI is InChI=1S/C31H42ClN3O5/c1-6-17-33(18-7-2)27(37)24-25-28(38)35(22(9-4)20-36)26(31(25)16-15-30(24,10-5)40-31)29(39)34(19-8-3)23-13-11-21(32)12-14-23/h6,8,11-14,22,24-26,36H,1,3,7,9-10,15-20H2,2,4-5H3/t22-,24+,25-,26?,30-,31?/m0/s1. The maximum atomic E-state index is 14.6. The smallest absolute Gasteiger partial charge is 0.253 e. The molecule has 1 spiro atoms. The van der Waals surface area contributed by atoms with Crippen LogP contribution in [0.5, 0.6) is 0 Å². The molecule has 2 unspecified atom stereocenters. The third kappa shape index (κ3) is 4.68. The Bertz CT molecular complexity index is 1140. The molecule has 1 aromatic carbocycles. The maximum absolute atomic E-state index is 14.6. The van der Waals surface area contributed by atoms with Crippen molar-refractivity contribution < 1.29 is 24.2 Å². The SMILES string of the molecule is C=CCN(CCC)C(=O)[C@H]1[C@H]2C(=O)N([C@@H](CC)CO)C(C(=O)N(CC=C)c3ccc(Cl)cc3)C23CC[C@]1(CC)O3. The predicted octanol–water partition coefficient (Wildman–Crippen LogP) is 4.21. The number of hydrogen-bond donors (Lipinski definition) is 1. The van der Waals surface area contributed by atoms with Crippen molar-refractivity contribution >= 4 is 35.0 Å². The van der Waals surface area contributed by atoms with Crippen LogP contribution in [-0.2, 0) is 19.1 Å². The van der Waals surface area contributed by atoms with Gasteiger partial charge in [-0.2, -0.15) is 0 Å². The minimum atomic E-state index is -1.18. The van der Waals surface area contributed by atoms with Crippen molar-refractivity contribution in [1.82, 2.24) is 9.80 Å². The lowest BCUT2D eigenvalue weighted by Crippen LogP contribution is -2.59. The summed E-state index contributed by atoms with van der Waals surface area (Å²) in [4.78, 5) is 48.1. The van der Waals surface area contributed by atoms with Crippen LogP contribution < -0.4 is 4.90 Å². The van der Waals surface area contributed by atoms with Crippen LogP contribution in [0.1, 0.15) is 52.9 Å². The molecule has 3 fully saturated rings. The van der Waals surface area contributed by atoms with Gasteiger partial charge in [0.25, 0.3) is 5.91 Å². The van der Waals surface area contributed by atoms with Crippen LogP contribution in [0.3, 0.4) is 0 Å². The highest BCUT2D eigenvalue weighted by atomic mass is 35.5. The number of aliphatic hydroxyl groups is 1. The first-order valence-electron chi connectivity index (χ1n) is 14.4. The molecule has 9 heteroatoms. The second-order valence-corrected chi connectivity index (χ2v) is 11.5. The Labute approximate surface area is 242 Å². The van der Waals surface area contributed by atoms with Crippen LogP contribution in [-0.4, -0.2) is 82.2 Å². The Kier molecular flexibility index (Phi) is 9.12. The fourth-order valence-corrected chi connectivity index (χ4v) is 7.38. The molecule has 0 saturated carbocycles. The highest BCUT2D eigenvalue weighted by molar-refractivity contribution is 6.30. The first-order chi connectivity index (χ1) is 19.2. The van der Waals surface area contributed by atoms with Crippen molar-refractivity contribution in [2.24, 2.45) is 11.8 Å². The summed E-state index contributed by atoms with van der Waals surface area (Å²) in [5.41, 5.74) is -1.39. The molecule has 3 aliphatic rings. The van der Waals surface area contributed by atoms with Gasteiger partial charge in [0.2, 0.25) is 11.8 Å². The highest BCUT2D eigenvalue weighted by Crippen LogP contribution is 2.65. The summed E-state index contributed by atoms with van der Waals surface area (Å²) in [6, 6.07) is 5.35. The summed E-state index contributed by atoms with van der Waals surface area (Å²) in [6.07, 6.45) is 6.16. The second-order valence-electron chi connectivity index (χ2n) is 11.1. The van der Waals surface area contributed by atoms with Gasteiger partial charge in [0, 0.05) is 30.3 Å². The zero-order chi connectivity index (χ0) is 29.2. The molecule has 2 bridgehead atoms. The molecule has 1 N–H and O–H groups in total. The summed E-state index contributed by atoms with van der Waals surface area (Å²) in [5.74, 6) is -2.28. The van der Waals surface area contributed by atoms with Crippen LogP contribution in [0.2, 0.25) is 5.02 Å². The molecule has 0 aliphatic carbocycles. The van der Waals surface area contributed by atoms with E-state index in [2.05, 4.69) is 13.2 Å². The Morgan fingerprint density at radius 1 is 1.15 bits per heavy atom. The van der Waals surface area contributed by atoms with E-state index in [0.29, 0.717) is 49.5 Å². The van der Waals surface area contributed by atoms with E-state index in [1.54, 1.807) is 46.2 Å². The van der Waals surface area contributed by atoms with Crippen molar-refractivity contribution in [2.45, 2.75) is 76.2 Å². The molecule has 40 heavy (non-hydrogen) atoms. The number of amides is 3. The largest absolute Gasteiger partial charge is 0.394 e. The first kappa shape index (κ1) is 30.3. The van der Waals surface area contributed by atoms with Gasteiger partial charge in [-0.05, 0) is 56.4 Å². The molecule has 218 valence electrons. The Morgan fingerprint density at radius 2 is 1.82 bits per heavy atom. The second kappa shape index (κ2) is 12.0. The number of ether oxygens (including phenoxy) is 1. The molecule has 3 heterocycles. The lowest BCUT2D eigenvalue weighted by molar-refractivity contribution is -0.153. The number of carbonyl (C=O) groups is 3. The number of halogens is 1. The molecule has 3 amide bonds. The van der Waals surface area contributed by atoms with E-state index in [9.17, 15) is 19.5 Å². The van der Waals surface area contributed by atoms with Crippen LogP contribution in [0, 0.1) is 11.8 Å². The van der Waals surface area contributed by atoms with Crippen LogP contribution in [0.4, 0.5) is 5.69 Å². The minimum Gasteiger partial charge on any atom is -0.394 e. The molecule has 4 rings (SSSR count). The normalized spacial score (nSPS) is 29.3. The van der Waals surface area contributed by atoms with Crippen molar-refractivity contribution in [3.63, 3.8) is 0 Å². The Balaban J connectivity index is 1.86. The number of benzene rings is 1. The zero-order valence-corrected chi connectivity index (χ0v) is 24.6. The van der Waals surface area contributed by atoms with E-state index < -0.39 is 35.1 Å². The van der Waals surface area contributed by atoms with Gasteiger partial charge in [0.1, 0.15) is 11.6 Å². The van der Waals surface area contributed by atoms with Gasteiger partial charge < -0.3 is 24.5 Å². The minimum absolute atomic E-state index is 0.130. The van der Waals surface area contributed by atoms with Gasteiger partial charge in [-0.3, -0.25) is 14.4 Å². The number of carbonyl (C=O) groups excluding carboxylic acids is 3. The number of anilines is 1. The third-order valence-electron chi connectivity index (χ3n) is 9.06. The number of likely N-dealkylation sites (tertiary alicyclic amines) is 1. The van der Waals surface area contributed by atoms with Crippen molar-refractivity contribution in [3.05, 3.63) is 54.6 Å².